The first kappa shape index (κ1) is 35.7. The van der Waals surface area contributed by atoms with E-state index in [9.17, 15) is 0 Å². The van der Waals surface area contributed by atoms with Crippen molar-refractivity contribution in [2.75, 3.05) is 5.32 Å². The van der Waals surface area contributed by atoms with Crippen LogP contribution in [0.5, 0.6) is 0 Å². The molecule has 1 saturated carbocycles. The minimum atomic E-state index is 0. The third-order valence-corrected chi connectivity index (χ3v) is 11.0. The number of nitrogens with one attached hydrogen (secondary N) is 1. The molecule has 2 aliphatic rings. The SMILES string of the molecule is Cc1cc(C)c2c(C)c1-c1cc(-c3cc(CC4CCCC4)ccn3)[c-]cc1Nc1cc3oc4ccccc4c3cc1-2.[Ir].[c-]1ccccc1-c1ccccn1. The molecule has 5 aromatic carbocycles. The fourth-order valence-corrected chi connectivity index (χ4v) is 8.56. The topological polar surface area (TPSA) is 51.0 Å². The van der Waals surface area contributed by atoms with Crippen molar-refractivity contribution in [1.29, 1.82) is 0 Å². The second-order valence-corrected chi connectivity index (χ2v) is 14.6. The van der Waals surface area contributed by atoms with E-state index in [4.69, 9.17) is 9.40 Å². The van der Waals surface area contributed by atoms with E-state index in [2.05, 4.69) is 97.8 Å². The van der Waals surface area contributed by atoms with Crippen molar-refractivity contribution in [1.82, 2.24) is 9.97 Å². The molecule has 4 heterocycles. The number of furan rings is 1. The van der Waals surface area contributed by atoms with Gasteiger partial charge >= 0.3 is 0 Å². The largest absolute Gasteiger partial charge is 0.456 e. The number of hydrogen-bond donors (Lipinski definition) is 1. The first-order valence-electron chi connectivity index (χ1n) is 18.7. The smallest absolute Gasteiger partial charge is 0.137 e. The van der Waals surface area contributed by atoms with Crippen LogP contribution in [0, 0.1) is 38.8 Å². The van der Waals surface area contributed by atoms with Crippen molar-refractivity contribution >= 4 is 33.3 Å². The summed E-state index contributed by atoms with van der Waals surface area (Å²) >= 11 is 0. The maximum absolute atomic E-state index is 6.29. The van der Waals surface area contributed by atoms with Gasteiger partial charge < -0.3 is 19.7 Å². The number of rotatable bonds is 4. The Bertz CT molecular complexity index is 2570. The van der Waals surface area contributed by atoms with Gasteiger partial charge in [-0.25, -0.2) is 0 Å². The van der Waals surface area contributed by atoms with Crippen LogP contribution in [0.1, 0.15) is 47.9 Å². The zero-order valence-electron chi connectivity index (χ0n) is 30.8. The molecule has 0 amide bonds. The van der Waals surface area contributed by atoms with Crippen molar-refractivity contribution in [2.24, 2.45) is 5.92 Å². The minimum Gasteiger partial charge on any atom is -0.456 e. The molecule has 3 aromatic heterocycles. The Balaban J connectivity index is 0.000000271. The Hall–Kier alpha value is -5.35. The number of aromatic nitrogens is 2. The molecule has 1 N–H and O–H groups in total. The van der Waals surface area contributed by atoms with Gasteiger partial charge in [0.25, 0.3) is 0 Å². The van der Waals surface area contributed by atoms with E-state index >= 15 is 0 Å². The van der Waals surface area contributed by atoms with Gasteiger partial charge in [0.05, 0.1) is 0 Å². The van der Waals surface area contributed by atoms with Gasteiger partial charge in [0.15, 0.2) is 0 Å². The standard InChI is InChI=1S/C38H33N2O.C11H8N.Ir/c1-22-16-23(2)38-24(3)37(22)30-19-27(33-18-26(14-15-39-33)17-25-8-4-5-9-25)12-13-32(30)40-34-21-36-29(20-31(34)38)28-10-6-7-11-35(28)41-36;1-2-6-10(7-3-1)11-8-4-5-9-12-11;/h6-7,10-11,13-16,18-21,25,40H,4-5,8-9,17H2,1-3H3;1-6,8-9H;/q2*-1;. The maximum atomic E-state index is 6.29. The zero-order chi connectivity index (χ0) is 35.9. The van der Waals surface area contributed by atoms with Crippen LogP contribution in [0.25, 0.3) is 66.7 Å². The van der Waals surface area contributed by atoms with Crippen LogP contribution < -0.4 is 5.32 Å². The molecule has 0 unspecified atom stereocenters. The predicted molar refractivity (Wildman–Crippen MR) is 218 cm³/mol. The van der Waals surface area contributed by atoms with Gasteiger partial charge in [-0.3, -0.25) is 0 Å². The summed E-state index contributed by atoms with van der Waals surface area (Å²) in [5, 5.41) is 6.10. The van der Waals surface area contributed by atoms with Crippen molar-refractivity contribution in [3.05, 3.63) is 156 Å². The molecule has 1 fully saturated rings. The van der Waals surface area contributed by atoms with Crippen LogP contribution in [0.3, 0.4) is 0 Å². The summed E-state index contributed by atoms with van der Waals surface area (Å²) in [6.07, 6.45) is 10.4. The first-order valence-corrected chi connectivity index (χ1v) is 18.7. The van der Waals surface area contributed by atoms with E-state index in [1.54, 1.807) is 6.20 Å². The second-order valence-electron chi connectivity index (χ2n) is 14.6. The summed E-state index contributed by atoms with van der Waals surface area (Å²) in [4.78, 5) is 9.01. The number of hydrogen-bond acceptors (Lipinski definition) is 4. The van der Waals surface area contributed by atoms with Crippen LogP contribution in [-0.2, 0) is 26.5 Å². The maximum Gasteiger partial charge on any atom is 0.137 e. The summed E-state index contributed by atoms with van der Waals surface area (Å²) in [7, 11) is 0. The van der Waals surface area contributed by atoms with Gasteiger partial charge in [-0.2, -0.15) is 0 Å². The zero-order valence-corrected chi connectivity index (χ0v) is 33.2. The molecule has 1 radical (unpaired) electrons. The molecule has 4 nitrogen and oxygen atoms in total. The Morgan fingerprint density at radius 3 is 2.20 bits per heavy atom. The molecule has 54 heavy (non-hydrogen) atoms. The molecule has 5 heteroatoms. The molecule has 8 aromatic rings. The average molecular weight is 880 g/mol. The number of nitrogens with zero attached hydrogens (tertiary/aromatic N) is 2. The number of benzene rings is 5. The third kappa shape index (κ3) is 6.79. The Morgan fingerprint density at radius 2 is 1.43 bits per heavy atom. The van der Waals surface area contributed by atoms with Gasteiger partial charge in [-0.05, 0) is 102 Å². The Morgan fingerprint density at radius 1 is 0.667 bits per heavy atom. The second kappa shape index (κ2) is 15.2. The molecule has 269 valence electrons. The number of aryl methyl sites for hydroxylation is 2. The Kier molecular flexibility index (Phi) is 10.0. The molecule has 0 atom stereocenters. The molecular weight excluding hydrogens is 839 g/mol. The fraction of sp³-hybridized carbons (Fsp3) is 0.184. The van der Waals surface area contributed by atoms with Crippen molar-refractivity contribution < 1.29 is 24.5 Å². The molecule has 2 bridgehead atoms. The van der Waals surface area contributed by atoms with E-state index in [-0.39, 0.29) is 20.1 Å². The number of pyridine rings is 2. The van der Waals surface area contributed by atoms with Gasteiger partial charge in [-0.1, -0.05) is 79.3 Å². The molecule has 1 aliphatic carbocycles. The van der Waals surface area contributed by atoms with Gasteiger partial charge in [0.2, 0.25) is 0 Å². The van der Waals surface area contributed by atoms with Crippen molar-refractivity contribution in [3.63, 3.8) is 0 Å². The van der Waals surface area contributed by atoms with Crippen LogP contribution in [0.15, 0.2) is 126 Å². The van der Waals surface area contributed by atoms with Crippen LogP contribution in [0.2, 0.25) is 0 Å². The molecule has 0 saturated heterocycles. The van der Waals surface area contributed by atoms with Crippen molar-refractivity contribution in [3.8, 4) is 44.8 Å². The number of fused-ring (bicyclic) bond motifs is 9. The van der Waals surface area contributed by atoms with E-state index in [0.717, 1.165) is 68.2 Å². The summed E-state index contributed by atoms with van der Waals surface area (Å²) < 4.78 is 6.29. The molecular formula is C49H41IrN3O-2. The van der Waals surface area contributed by atoms with Crippen LogP contribution in [-0.4, -0.2) is 9.97 Å². The monoisotopic (exact) mass is 880 g/mol. The Labute approximate surface area is 331 Å². The van der Waals surface area contributed by atoms with Gasteiger partial charge in [-0.15, -0.1) is 59.7 Å². The summed E-state index contributed by atoms with van der Waals surface area (Å²) in [6.45, 7) is 6.74. The summed E-state index contributed by atoms with van der Waals surface area (Å²) in [6, 6.07) is 44.4. The normalized spacial score (nSPS) is 13.2. The van der Waals surface area contributed by atoms with Gasteiger partial charge in [0.1, 0.15) is 11.2 Å². The summed E-state index contributed by atoms with van der Waals surface area (Å²) in [5.74, 6) is 0.809. The minimum absolute atomic E-state index is 0. The quantitative estimate of drug-likeness (QED) is 0.179. The predicted octanol–water partition coefficient (Wildman–Crippen LogP) is 13.0. The molecule has 0 spiro atoms. The van der Waals surface area contributed by atoms with E-state index < -0.39 is 0 Å². The van der Waals surface area contributed by atoms with Crippen molar-refractivity contribution in [2.45, 2.75) is 52.9 Å². The fourth-order valence-electron chi connectivity index (χ4n) is 8.56. The summed E-state index contributed by atoms with van der Waals surface area (Å²) in [5.41, 5.74) is 18.2. The third-order valence-electron chi connectivity index (χ3n) is 11.0. The van der Waals surface area contributed by atoms with E-state index in [1.807, 2.05) is 60.8 Å². The molecule has 10 rings (SSSR count). The number of para-hydroxylation sites is 1. The average Bonchev–Trinajstić information content (AvgIpc) is 3.83. The van der Waals surface area contributed by atoms with E-state index in [1.165, 1.54) is 70.2 Å². The van der Waals surface area contributed by atoms with E-state index in [0.29, 0.717) is 0 Å². The van der Waals surface area contributed by atoms with Crippen LogP contribution >= 0.6 is 0 Å². The van der Waals surface area contributed by atoms with Crippen LogP contribution in [0.4, 0.5) is 11.4 Å². The van der Waals surface area contributed by atoms with Gasteiger partial charge in [0, 0.05) is 60.6 Å². The first-order chi connectivity index (χ1) is 26.0. The number of anilines is 2. The molecule has 1 aliphatic heterocycles.